The molecule has 1 heterocycles. The minimum Gasteiger partial charge on any atom is -0.394 e. The zero-order chi connectivity index (χ0) is 39.7. The summed E-state index contributed by atoms with van der Waals surface area (Å²) in [6.07, 6.45) is 32.0. The zero-order valence-electron chi connectivity index (χ0n) is 33.8. The Morgan fingerprint density at radius 1 is 0.630 bits per heavy atom. The van der Waals surface area contributed by atoms with Crippen molar-refractivity contribution in [2.75, 3.05) is 13.2 Å². The maximum absolute atomic E-state index is 13.0. The molecule has 314 valence electrons. The summed E-state index contributed by atoms with van der Waals surface area (Å²) in [5.74, 6) is -0.639. The minimum atomic E-state index is -1.62. The van der Waals surface area contributed by atoms with E-state index in [1.54, 1.807) is 6.08 Å². The average molecular weight is 766 g/mol. The van der Waals surface area contributed by atoms with Gasteiger partial charge in [0.15, 0.2) is 6.29 Å². The van der Waals surface area contributed by atoms with Crippen LogP contribution in [-0.2, 0) is 14.3 Å². The van der Waals surface area contributed by atoms with Gasteiger partial charge in [-0.25, -0.2) is 0 Å². The quantitative estimate of drug-likeness (QED) is 0.0264. The van der Waals surface area contributed by atoms with Crippen LogP contribution in [-0.4, -0.2) is 98.7 Å². The highest BCUT2D eigenvalue weighted by Gasteiger charge is 2.44. The molecule has 10 heteroatoms. The number of hydrogen-bond donors (Lipinski definition) is 7. The van der Waals surface area contributed by atoms with Crippen LogP contribution in [0.25, 0.3) is 0 Å². The number of rotatable bonds is 34. The summed E-state index contributed by atoms with van der Waals surface area (Å²) in [4.78, 5) is 13.0. The smallest absolute Gasteiger partial charge is 0.249 e. The summed E-state index contributed by atoms with van der Waals surface area (Å²) in [5.41, 5.74) is 0. The SMILES string of the molecule is CCCCC/C=C/CC/C=C/CC/C=C/C(O)C(COC1OC(CO)C(O)C(O)C1O)NC(=O)C(O)CCCCCCCC/C=C\CCCCCCCC. The van der Waals surface area contributed by atoms with Crippen molar-refractivity contribution in [2.24, 2.45) is 0 Å². The summed E-state index contributed by atoms with van der Waals surface area (Å²) in [5, 5.41) is 64.4. The third kappa shape index (κ3) is 24.6. The van der Waals surface area contributed by atoms with E-state index in [4.69, 9.17) is 9.47 Å². The maximum atomic E-state index is 13.0. The van der Waals surface area contributed by atoms with E-state index in [1.165, 1.54) is 77.0 Å². The highest BCUT2D eigenvalue weighted by Crippen LogP contribution is 2.22. The largest absolute Gasteiger partial charge is 0.394 e. The molecule has 1 aliphatic rings. The molecule has 0 aliphatic carbocycles. The minimum absolute atomic E-state index is 0.292. The molecule has 0 saturated carbocycles. The molecule has 10 nitrogen and oxygen atoms in total. The van der Waals surface area contributed by atoms with Crippen LogP contribution >= 0.6 is 0 Å². The van der Waals surface area contributed by atoms with Gasteiger partial charge in [-0.2, -0.15) is 0 Å². The molecule has 7 N–H and O–H groups in total. The van der Waals surface area contributed by atoms with Gasteiger partial charge in [0.2, 0.25) is 5.91 Å². The predicted molar refractivity (Wildman–Crippen MR) is 218 cm³/mol. The first-order valence-corrected chi connectivity index (χ1v) is 21.5. The van der Waals surface area contributed by atoms with Crippen molar-refractivity contribution in [3.8, 4) is 0 Å². The Morgan fingerprint density at radius 2 is 1.09 bits per heavy atom. The topological polar surface area (TPSA) is 169 Å². The first-order chi connectivity index (χ1) is 26.3. The molecular formula is C44H79NO9. The Bertz CT molecular complexity index is 1000. The molecule has 1 rings (SSSR count). The van der Waals surface area contributed by atoms with Crippen molar-refractivity contribution in [1.29, 1.82) is 0 Å². The highest BCUT2D eigenvalue weighted by atomic mass is 16.7. The van der Waals surface area contributed by atoms with Crippen molar-refractivity contribution in [3.05, 3.63) is 48.6 Å². The van der Waals surface area contributed by atoms with Gasteiger partial charge in [-0.15, -0.1) is 0 Å². The number of nitrogens with one attached hydrogen (secondary N) is 1. The van der Waals surface area contributed by atoms with E-state index < -0.39 is 61.5 Å². The molecule has 0 aromatic carbocycles. The molecular weight excluding hydrogens is 686 g/mol. The van der Waals surface area contributed by atoms with Gasteiger partial charge in [-0.05, 0) is 70.6 Å². The van der Waals surface area contributed by atoms with Crippen molar-refractivity contribution in [3.63, 3.8) is 0 Å². The summed E-state index contributed by atoms with van der Waals surface area (Å²) in [7, 11) is 0. The lowest BCUT2D eigenvalue weighted by Crippen LogP contribution is -2.60. The number of carbonyl (C=O) groups excluding carboxylic acids is 1. The van der Waals surface area contributed by atoms with Crippen molar-refractivity contribution in [2.45, 2.75) is 210 Å². The normalized spacial score (nSPS) is 22.6. The Morgan fingerprint density at radius 3 is 1.65 bits per heavy atom. The molecule has 1 fully saturated rings. The molecule has 0 bridgehead atoms. The average Bonchev–Trinajstić information content (AvgIpc) is 3.17. The van der Waals surface area contributed by atoms with Gasteiger partial charge < -0.3 is 45.4 Å². The van der Waals surface area contributed by atoms with E-state index >= 15 is 0 Å². The fourth-order valence-electron chi connectivity index (χ4n) is 6.36. The molecule has 0 aromatic rings. The standard InChI is InChI=1S/C44H79NO9/c1-3-5-7-9-11-13-15-17-18-19-21-23-25-27-29-31-33-38(48)43(52)45-36(35-53-44-42(51)41(50)40(49)39(34-46)54-44)37(47)32-30-28-26-24-22-20-16-14-12-10-8-6-4-2/h12,14,17-18,22,24,30,32,36-42,44,46-51H,3-11,13,15-16,19-21,23,25-29,31,33-35H2,1-2H3,(H,45,52)/b14-12+,18-17-,24-22+,32-30+. The third-order valence-corrected chi connectivity index (χ3v) is 9.96. The molecule has 1 aliphatic heterocycles. The Kier molecular flexibility index (Phi) is 31.9. The lowest BCUT2D eigenvalue weighted by molar-refractivity contribution is -0.302. The molecule has 1 amide bonds. The number of aliphatic hydroxyl groups excluding tert-OH is 6. The lowest BCUT2D eigenvalue weighted by Gasteiger charge is -2.40. The zero-order valence-corrected chi connectivity index (χ0v) is 33.8. The van der Waals surface area contributed by atoms with Gasteiger partial charge in [0, 0.05) is 0 Å². The van der Waals surface area contributed by atoms with E-state index in [1.807, 2.05) is 6.08 Å². The van der Waals surface area contributed by atoms with Crippen molar-refractivity contribution < 1.29 is 44.9 Å². The number of carbonyl (C=O) groups is 1. The van der Waals surface area contributed by atoms with E-state index in [9.17, 15) is 35.4 Å². The second kappa shape index (κ2) is 34.4. The van der Waals surface area contributed by atoms with Crippen LogP contribution in [0.3, 0.4) is 0 Å². The van der Waals surface area contributed by atoms with Crippen LogP contribution in [0, 0.1) is 0 Å². The monoisotopic (exact) mass is 766 g/mol. The van der Waals surface area contributed by atoms with Gasteiger partial charge in [0.25, 0.3) is 0 Å². The van der Waals surface area contributed by atoms with E-state index in [0.29, 0.717) is 19.3 Å². The Balaban J connectivity index is 2.49. The van der Waals surface area contributed by atoms with Crippen LogP contribution in [0.1, 0.15) is 162 Å². The molecule has 0 radical (unpaired) electrons. The summed E-state index contributed by atoms with van der Waals surface area (Å²) in [6.45, 7) is 3.52. The highest BCUT2D eigenvalue weighted by molar-refractivity contribution is 5.80. The van der Waals surface area contributed by atoms with E-state index in [0.717, 1.165) is 51.4 Å². The fourth-order valence-corrected chi connectivity index (χ4v) is 6.36. The van der Waals surface area contributed by atoms with Crippen LogP contribution < -0.4 is 5.32 Å². The molecule has 0 aromatic heterocycles. The Hall–Kier alpha value is -1.89. The molecule has 1 saturated heterocycles. The molecule has 0 spiro atoms. The van der Waals surface area contributed by atoms with Crippen molar-refractivity contribution >= 4 is 5.91 Å². The molecule has 8 unspecified atom stereocenters. The third-order valence-electron chi connectivity index (χ3n) is 9.96. The lowest BCUT2D eigenvalue weighted by atomic mass is 9.99. The van der Waals surface area contributed by atoms with Gasteiger partial charge in [-0.1, -0.05) is 140 Å². The van der Waals surface area contributed by atoms with E-state index in [-0.39, 0.29) is 6.61 Å². The van der Waals surface area contributed by atoms with Gasteiger partial charge in [0.05, 0.1) is 25.4 Å². The first-order valence-electron chi connectivity index (χ1n) is 21.5. The number of unbranched alkanes of at least 4 members (excludes halogenated alkanes) is 17. The Labute approximate surface area is 327 Å². The van der Waals surface area contributed by atoms with Crippen LogP contribution in [0.2, 0.25) is 0 Å². The van der Waals surface area contributed by atoms with Gasteiger partial charge in [0.1, 0.15) is 30.5 Å². The predicted octanol–water partition coefficient (Wildman–Crippen LogP) is 7.25. The van der Waals surface area contributed by atoms with Crippen LogP contribution in [0.15, 0.2) is 48.6 Å². The summed E-state index contributed by atoms with van der Waals surface area (Å²) < 4.78 is 11.1. The van der Waals surface area contributed by atoms with E-state index in [2.05, 4.69) is 55.6 Å². The maximum Gasteiger partial charge on any atom is 0.249 e. The van der Waals surface area contributed by atoms with Gasteiger partial charge >= 0.3 is 0 Å². The number of allylic oxidation sites excluding steroid dienone is 7. The number of hydrogen-bond acceptors (Lipinski definition) is 9. The van der Waals surface area contributed by atoms with Crippen LogP contribution in [0.4, 0.5) is 0 Å². The fraction of sp³-hybridized carbons (Fsp3) is 0.795. The molecule has 54 heavy (non-hydrogen) atoms. The second-order valence-electron chi connectivity index (χ2n) is 14.9. The summed E-state index contributed by atoms with van der Waals surface area (Å²) in [6, 6.07) is -1.00. The second-order valence-corrected chi connectivity index (χ2v) is 14.9. The van der Waals surface area contributed by atoms with Crippen LogP contribution in [0.5, 0.6) is 0 Å². The first kappa shape index (κ1) is 50.1. The van der Waals surface area contributed by atoms with Crippen molar-refractivity contribution in [1.82, 2.24) is 5.32 Å². The number of ether oxygens (including phenoxy) is 2. The molecule has 8 atom stereocenters. The number of amides is 1. The van der Waals surface area contributed by atoms with Gasteiger partial charge in [-0.3, -0.25) is 4.79 Å². The summed E-state index contributed by atoms with van der Waals surface area (Å²) >= 11 is 0. The number of aliphatic hydroxyl groups is 6.